The van der Waals surface area contributed by atoms with Crippen molar-refractivity contribution in [3.05, 3.63) is 119 Å². The summed E-state index contributed by atoms with van der Waals surface area (Å²) in [6.07, 6.45) is 28.7. The molecule has 0 unspecified atom stereocenters. The smallest absolute Gasteiger partial charge is 0.128 e. The number of benzene rings is 5. The zero-order valence-corrected chi connectivity index (χ0v) is 36.7. The van der Waals surface area contributed by atoms with Gasteiger partial charge in [-0.3, -0.25) is 0 Å². The van der Waals surface area contributed by atoms with E-state index in [0.717, 1.165) is 58.4 Å². The fourth-order valence-electron chi connectivity index (χ4n) is 8.03. The zero-order chi connectivity index (χ0) is 42.0. The average Bonchev–Trinajstić information content (AvgIpc) is 3.28. The van der Waals surface area contributed by atoms with E-state index >= 15 is 0 Å². The average molecular weight is 801 g/mol. The van der Waals surface area contributed by atoms with Gasteiger partial charge in [0.15, 0.2) is 0 Å². The largest absolute Gasteiger partial charge is 0.493 e. The van der Waals surface area contributed by atoms with Crippen LogP contribution in [0.3, 0.4) is 0 Å². The molecule has 5 aromatic carbocycles. The van der Waals surface area contributed by atoms with Crippen LogP contribution in [0.1, 0.15) is 165 Å². The Morgan fingerprint density at radius 2 is 0.750 bits per heavy atom. The number of hydrogen-bond acceptors (Lipinski definition) is 4. The minimum absolute atomic E-state index is 0.496. The highest BCUT2D eigenvalue weighted by Crippen LogP contribution is 2.39. The van der Waals surface area contributed by atoms with Crippen LogP contribution in [0.25, 0.3) is 44.8 Å². The van der Waals surface area contributed by atoms with Crippen LogP contribution < -0.4 is 9.47 Å². The molecule has 0 saturated heterocycles. The monoisotopic (exact) mass is 801 g/mol. The molecule has 0 saturated carbocycles. The Kier molecular flexibility index (Phi) is 20.4. The Bertz CT molecular complexity index is 2040. The first-order chi connectivity index (χ1) is 29.6. The van der Waals surface area contributed by atoms with Gasteiger partial charge in [0.2, 0.25) is 0 Å². The third kappa shape index (κ3) is 15.1. The van der Waals surface area contributed by atoms with E-state index in [-0.39, 0.29) is 0 Å². The van der Waals surface area contributed by atoms with Crippen molar-refractivity contribution in [1.29, 1.82) is 10.5 Å². The Morgan fingerprint density at radius 1 is 0.417 bits per heavy atom. The molecule has 0 N–H and O–H groups in total. The maximum atomic E-state index is 10.7. The van der Waals surface area contributed by atoms with Gasteiger partial charge in [0, 0.05) is 11.1 Å². The maximum absolute atomic E-state index is 10.7. The van der Waals surface area contributed by atoms with Crippen molar-refractivity contribution in [2.75, 3.05) is 13.2 Å². The molecule has 5 aromatic rings. The van der Waals surface area contributed by atoms with Crippen LogP contribution in [-0.2, 0) is 0 Å². The molecule has 0 aromatic heterocycles. The van der Waals surface area contributed by atoms with Crippen molar-refractivity contribution in [2.24, 2.45) is 0 Å². The van der Waals surface area contributed by atoms with E-state index in [1.165, 1.54) is 103 Å². The Hall–Kier alpha value is -5.32. The number of unbranched alkanes of at least 4 members (excludes halogenated alkanes) is 18. The molecule has 0 fully saturated rings. The number of nitriles is 2. The lowest BCUT2D eigenvalue weighted by atomic mass is 9.95. The SMILES string of the molecule is CCCCCCCCCCCCOc1cc(/C(C#N)=C/c2ccc3ccccc3c2)c(OCCCCCCCCCCCC)cc1/C(C#N)=C/c1ccc2ccccc2c1. The van der Waals surface area contributed by atoms with Gasteiger partial charge in [-0.25, -0.2) is 0 Å². The van der Waals surface area contributed by atoms with Crippen LogP contribution in [0, 0.1) is 22.7 Å². The number of allylic oxidation sites excluding steroid dienone is 2. The fraction of sp³-hybridized carbons (Fsp3) is 0.429. The highest BCUT2D eigenvalue weighted by atomic mass is 16.5. The van der Waals surface area contributed by atoms with Crippen LogP contribution >= 0.6 is 0 Å². The fourth-order valence-corrected chi connectivity index (χ4v) is 8.03. The molecule has 4 nitrogen and oxygen atoms in total. The normalized spacial score (nSPS) is 11.8. The standard InChI is InChI=1S/C56H68N2O2/c1-3-5-7-9-11-13-15-17-19-25-35-59-55-41-54(52(44-58)40-46-32-34-48-28-22-24-30-50(48)38-46)56(60-36-26-20-18-16-14-12-10-8-6-4-2)42-53(55)51(43-57)39-45-31-33-47-27-21-23-29-49(47)37-45/h21-24,27-34,37-42H,3-20,25-26,35-36H2,1-2H3/b51-39+,52-40+. The van der Waals surface area contributed by atoms with Crippen molar-refractivity contribution in [3.63, 3.8) is 0 Å². The molecule has 0 spiro atoms. The summed E-state index contributed by atoms with van der Waals surface area (Å²) in [4.78, 5) is 0. The molecule has 0 aliphatic rings. The highest BCUT2D eigenvalue weighted by Gasteiger charge is 2.19. The molecule has 5 rings (SSSR count). The molecular weight excluding hydrogens is 733 g/mol. The molecule has 314 valence electrons. The summed E-state index contributed by atoms with van der Waals surface area (Å²) < 4.78 is 13.3. The maximum Gasteiger partial charge on any atom is 0.128 e. The number of ether oxygens (including phenoxy) is 2. The van der Waals surface area contributed by atoms with Gasteiger partial charge in [0.1, 0.15) is 11.5 Å². The molecule has 60 heavy (non-hydrogen) atoms. The van der Waals surface area contributed by atoms with Crippen LogP contribution in [0.2, 0.25) is 0 Å². The molecule has 4 heteroatoms. The van der Waals surface area contributed by atoms with E-state index in [0.29, 0.717) is 47.0 Å². The Labute approximate surface area is 361 Å². The lowest BCUT2D eigenvalue weighted by Crippen LogP contribution is -2.05. The van der Waals surface area contributed by atoms with Crippen LogP contribution in [-0.4, -0.2) is 13.2 Å². The first kappa shape index (κ1) is 45.8. The van der Waals surface area contributed by atoms with Crippen LogP contribution in [0.5, 0.6) is 11.5 Å². The van der Waals surface area contributed by atoms with Gasteiger partial charge in [-0.05, 0) is 81.9 Å². The second kappa shape index (κ2) is 26.7. The van der Waals surface area contributed by atoms with E-state index in [2.05, 4.69) is 86.6 Å². The minimum Gasteiger partial charge on any atom is -0.493 e. The second-order valence-electron chi connectivity index (χ2n) is 16.5. The summed E-state index contributed by atoms with van der Waals surface area (Å²) in [5, 5.41) is 26.0. The summed E-state index contributed by atoms with van der Waals surface area (Å²) in [5.74, 6) is 1.20. The number of fused-ring (bicyclic) bond motifs is 2. The Balaban J connectivity index is 1.42. The molecule has 0 bridgehead atoms. The van der Waals surface area contributed by atoms with Gasteiger partial charge in [0.05, 0.1) is 36.5 Å². The summed E-state index contributed by atoms with van der Waals surface area (Å²) in [7, 11) is 0. The molecule has 0 radical (unpaired) electrons. The summed E-state index contributed by atoms with van der Waals surface area (Å²) in [6.45, 7) is 5.60. The van der Waals surface area contributed by atoms with Crippen molar-refractivity contribution < 1.29 is 9.47 Å². The summed E-state index contributed by atoms with van der Waals surface area (Å²) >= 11 is 0. The van der Waals surface area contributed by atoms with E-state index in [1.54, 1.807) is 0 Å². The van der Waals surface area contributed by atoms with Gasteiger partial charge in [0.25, 0.3) is 0 Å². The molecule has 0 atom stereocenters. The topological polar surface area (TPSA) is 66.0 Å². The highest BCUT2D eigenvalue weighted by molar-refractivity contribution is 5.98. The molecule has 0 aliphatic carbocycles. The van der Waals surface area contributed by atoms with Gasteiger partial charge in [-0.1, -0.05) is 202 Å². The van der Waals surface area contributed by atoms with Crippen molar-refractivity contribution in [1.82, 2.24) is 0 Å². The minimum atomic E-state index is 0.496. The summed E-state index contributed by atoms with van der Waals surface area (Å²) in [5.41, 5.74) is 4.24. The Morgan fingerprint density at radius 3 is 1.10 bits per heavy atom. The lowest BCUT2D eigenvalue weighted by Gasteiger charge is -2.18. The third-order valence-electron chi connectivity index (χ3n) is 11.6. The van der Waals surface area contributed by atoms with Gasteiger partial charge in [-0.15, -0.1) is 0 Å². The van der Waals surface area contributed by atoms with Gasteiger partial charge in [-0.2, -0.15) is 10.5 Å². The second-order valence-corrected chi connectivity index (χ2v) is 16.5. The van der Waals surface area contributed by atoms with Crippen molar-refractivity contribution >= 4 is 44.8 Å². The van der Waals surface area contributed by atoms with Gasteiger partial charge >= 0.3 is 0 Å². The first-order valence-corrected chi connectivity index (χ1v) is 23.3. The molecule has 0 amide bonds. The molecule has 0 heterocycles. The van der Waals surface area contributed by atoms with Crippen molar-refractivity contribution in [3.8, 4) is 23.6 Å². The van der Waals surface area contributed by atoms with E-state index < -0.39 is 0 Å². The third-order valence-corrected chi connectivity index (χ3v) is 11.6. The summed E-state index contributed by atoms with van der Waals surface area (Å²) in [6, 6.07) is 38.0. The van der Waals surface area contributed by atoms with Crippen LogP contribution in [0.4, 0.5) is 0 Å². The van der Waals surface area contributed by atoms with Crippen molar-refractivity contribution in [2.45, 2.75) is 142 Å². The van der Waals surface area contributed by atoms with E-state index in [1.807, 2.05) is 48.6 Å². The number of rotatable bonds is 28. The number of nitrogens with zero attached hydrogens (tertiary/aromatic N) is 2. The zero-order valence-electron chi connectivity index (χ0n) is 36.7. The first-order valence-electron chi connectivity index (χ1n) is 23.3. The van der Waals surface area contributed by atoms with E-state index in [4.69, 9.17) is 9.47 Å². The van der Waals surface area contributed by atoms with Crippen LogP contribution in [0.15, 0.2) is 97.1 Å². The lowest BCUT2D eigenvalue weighted by molar-refractivity contribution is 0.295. The number of hydrogen-bond donors (Lipinski definition) is 0. The molecular formula is C56H68N2O2. The predicted octanol–water partition coefficient (Wildman–Crippen LogP) is 16.7. The van der Waals surface area contributed by atoms with Gasteiger partial charge < -0.3 is 9.47 Å². The predicted molar refractivity (Wildman–Crippen MR) is 256 cm³/mol. The quantitative estimate of drug-likeness (QED) is 0.0287. The van der Waals surface area contributed by atoms with E-state index in [9.17, 15) is 10.5 Å². The molecule has 0 aliphatic heterocycles.